The predicted octanol–water partition coefficient (Wildman–Crippen LogP) is 3.42. The summed E-state index contributed by atoms with van der Waals surface area (Å²) in [5, 5.41) is 2.62. The molecule has 25 heavy (non-hydrogen) atoms. The first-order valence-electron chi connectivity index (χ1n) is 8.12. The molecule has 1 amide bonds. The smallest absolute Gasteiger partial charge is 0.354 e. The molecule has 0 spiro atoms. The molecule has 1 N–H and O–H groups in total. The van der Waals surface area contributed by atoms with E-state index in [4.69, 9.17) is 9.47 Å². The van der Waals surface area contributed by atoms with Crippen LogP contribution in [0.15, 0.2) is 60.3 Å². The molecule has 5 nitrogen and oxygen atoms in total. The van der Waals surface area contributed by atoms with Crippen molar-refractivity contribution in [3.63, 3.8) is 0 Å². The first-order chi connectivity index (χ1) is 12.1. The van der Waals surface area contributed by atoms with E-state index < -0.39 is 5.97 Å². The molecule has 0 aliphatic carbocycles. The maximum atomic E-state index is 12.3. The highest BCUT2D eigenvalue weighted by Gasteiger charge is 2.15. The fourth-order valence-corrected chi connectivity index (χ4v) is 2.13. The number of amides is 1. The normalized spacial score (nSPS) is 10.9. The largest absolute Gasteiger partial charge is 0.494 e. The van der Waals surface area contributed by atoms with E-state index in [0.717, 1.165) is 11.3 Å². The van der Waals surface area contributed by atoms with Crippen molar-refractivity contribution in [1.82, 2.24) is 5.32 Å². The van der Waals surface area contributed by atoms with Crippen molar-refractivity contribution in [2.75, 3.05) is 13.2 Å². The van der Waals surface area contributed by atoms with Crippen LogP contribution in [0.25, 0.3) is 6.08 Å². The third-order valence-electron chi connectivity index (χ3n) is 3.28. The van der Waals surface area contributed by atoms with Gasteiger partial charge in [-0.15, -0.1) is 0 Å². The highest BCUT2D eigenvalue weighted by atomic mass is 16.5. The summed E-state index contributed by atoms with van der Waals surface area (Å²) in [5.41, 5.74) is 1.30. The molecule has 0 fully saturated rings. The maximum absolute atomic E-state index is 12.3. The van der Waals surface area contributed by atoms with Crippen LogP contribution >= 0.6 is 0 Å². The fourth-order valence-electron chi connectivity index (χ4n) is 2.13. The Morgan fingerprint density at radius 1 is 0.960 bits per heavy atom. The number of nitrogens with one attached hydrogen (secondary N) is 1. The van der Waals surface area contributed by atoms with E-state index in [1.54, 1.807) is 61.5 Å². The molecule has 0 aliphatic heterocycles. The topological polar surface area (TPSA) is 64.6 Å². The average molecular weight is 339 g/mol. The number of rotatable bonds is 7. The third-order valence-corrected chi connectivity index (χ3v) is 3.28. The Labute approximate surface area is 147 Å². The van der Waals surface area contributed by atoms with E-state index in [-0.39, 0.29) is 18.2 Å². The second-order valence-electron chi connectivity index (χ2n) is 5.10. The monoisotopic (exact) mass is 339 g/mol. The molecule has 0 unspecified atom stereocenters. The molecule has 0 aliphatic rings. The summed E-state index contributed by atoms with van der Waals surface area (Å²) in [7, 11) is 0. The van der Waals surface area contributed by atoms with Gasteiger partial charge in [0, 0.05) is 5.56 Å². The molecular formula is C20H21NO4. The van der Waals surface area contributed by atoms with Gasteiger partial charge >= 0.3 is 5.97 Å². The summed E-state index contributed by atoms with van der Waals surface area (Å²) in [6, 6.07) is 15.9. The Morgan fingerprint density at radius 3 is 2.24 bits per heavy atom. The lowest BCUT2D eigenvalue weighted by Crippen LogP contribution is -2.28. The summed E-state index contributed by atoms with van der Waals surface area (Å²) < 4.78 is 10.4. The van der Waals surface area contributed by atoms with E-state index in [0.29, 0.717) is 12.2 Å². The van der Waals surface area contributed by atoms with Crippen LogP contribution in [0.2, 0.25) is 0 Å². The number of carbonyl (C=O) groups is 2. The SMILES string of the molecule is CCOC(=O)C(=Cc1ccc(OCC)cc1)NC(=O)c1ccccc1. The lowest BCUT2D eigenvalue weighted by atomic mass is 10.1. The summed E-state index contributed by atoms with van der Waals surface area (Å²) >= 11 is 0. The Balaban J connectivity index is 2.22. The van der Waals surface area contributed by atoms with Crippen LogP contribution in [0.1, 0.15) is 29.8 Å². The van der Waals surface area contributed by atoms with E-state index in [9.17, 15) is 9.59 Å². The van der Waals surface area contributed by atoms with Crippen LogP contribution in [-0.4, -0.2) is 25.1 Å². The third kappa shape index (κ3) is 5.49. The van der Waals surface area contributed by atoms with Gasteiger partial charge < -0.3 is 14.8 Å². The highest BCUT2D eigenvalue weighted by molar-refractivity contribution is 6.03. The van der Waals surface area contributed by atoms with Gasteiger partial charge in [0.2, 0.25) is 0 Å². The lowest BCUT2D eigenvalue weighted by Gasteiger charge is -2.10. The molecule has 0 saturated heterocycles. The van der Waals surface area contributed by atoms with Gasteiger partial charge in [-0.3, -0.25) is 4.79 Å². The van der Waals surface area contributed by atoms with E-state index in [1.807, 2.05) is 13.0 Å². The van der Waals surface area contributed by atoms with Gasteiger partial charge in [0.25, 0.3) is 5.91 Å². The molecule has 2 rings (SSSR count). The zero-order valence-corrected chi connectivity index (χ0v) is 14.3. The number of ether oxygens (including phenoxy) is 2. The fraction of sp³-hybridized carbons (Fsp3) is 0.200. The molecule has 2 aromatic carbocycles. The lowest BCUT2D eigenvalue weighted by molar-refractivity contribution is -0.138. The van der Waals surface area contributed by atoms with Gasteiger partial charge in [-0.2, -0.15) is 0 Å². The highest BCUT2D eigenvalue weighted by Crippen LogP contribution is 2.15. The van der Waals surface area contributed by atoms with Crippen LogP contribution in [0, 0.1) is 0 Å². The Kier molecular flexibility index (Phi) is 6.77. The van der Waals surface area contributed by atoms with Crippen molar-refractivity contribution in [2.45, 2.75) is 13.8 Å². The second-order valence-corrected chi connectivity index (χ2v) is 5.10. The van der Waals surface area contributed by atoms with Crippen LogP contribution in [-0.2, 0) is 9.53 Å². The number of esters is 1. The van der Waals surface area contributed by atoms with Gasteiger partial charge in [0.15, 0.2) is 0 Å². The summed E-state index contributed by atoms with van der Waals surface area (Å²) in [4.78, 5) is 24.5. The number of hydrogen-bond donors (Lipinski definition) is 1. The summed E-state index contributed by atoms with van der Waals surface area (Å²) in [6.45, 7) is 4.42. The molecule has 0 atom stereocenters. The van der Waals surface area contributed by atoms with Gasteiger partial charge in [0.05, 0.1) is 13.2 Å². The van der Waals surface area contributed by atoms with Crippen molar-refractivity contribution >= 4 is 18.0 Å². The Hall–Kier alpha value is -3.08. The zero-order valence-electron chi connectivity index (χ0n) is 14.3. The van der Waals surface area contributed by atoms with Crippen LogP contribution in [0.3, 0.4) is 0 Å². The van der Waals surface area contributed by atoms with Gasteiger partial charge in [0.1, 0.15) is 11.4 Å². The van der Waals surface area contributed by atoms with Crippen molar-refractivity contribution < 1.29 is 19.1 Å². The van der Waals surface area contributed by atoms with Crippen molar-refractivity contribution in [3.05, 3.63) is 71.4 Å². The molecular weight excluding hydrogens is 318 g/mol. The molecule has 0 saturated carbocycles. The standard InChI is InChI=1S/C20H21NO4/c1-3-24-17-12-10-15(11-13-17)14-18(20(23)25-4-2)21-19(22)16-8-6-5-7-9-16/h5-14H,3-4H2,1-2H3,(H,21,22). The molecule has 0 bridgehead atoms. The number of hydrogen-bond acceptors (Lipinski definition) is 4. The summed E-state index contributed by atoms with van der Waals surface area (Å²) in [6.07, 6.45) is 1.58. The number of benzene rings is 2. The average Bonchev–Trinajstić information content (AvgIpc) is 2.64. The van der Waals surface area contributed by atoms with Crippen molar-refractivity contribution in [2.24, 2.45) is 0 Å². The molecule has 5 heteroatoms. The molecule has 0 heterocycles. The molecule has 0 aromatic heterocycles. The quantitative estimate of drug-likeness (QED) is 0.620. The van der Waals surface area contributed by atoms with E-state index in [2.05, 4.69) is 5.32 Å². The van der Waals surface area contributed by atoms with Crippen molar-refractivity contribution in [1.29, 1.82) is 0 Å². The van der Waals surface area contributed by atoms with Crippen LogP contribution in [0.5, 0.6) is 5.75 Å². The first-order valence-corrected chi connectivity index (χ1v) is 8.12. The van der Waals surface area contributed by atoms with E-state index in [1.165, 1.54) is 0 Å². The first kappa shape index (κ1) is 18.3. The van der Waals surface area contributed by atoms with Crippen molar-refractivity contribution in [3.8, 4) is 5.75 Å². The van der Waals surface area contributed by atoms with E-state index >= 15 is 0 Å². The molecule has 2 aromatic rings. The van der Waals surface area contributed by atoms with Gasteiger partial charge in [-0.1, -0.05) is 30.3 Å². The molecule has 0 radical (unpaired) electrons. The second kappa shape index (κ2) is 9.27. The Morgan fingerprint density at radius 2 is 1.64 bits per heavy atom. The minimum Gasteiger partial charge on any atom is -0.494 e. The number of carbonyl (C=O) groups excluding carboxylic acids is 2. The minimum absolute atomic E-state index is 0.0832. The van der Waals surface area contributed by atoms with Gasteiger partial charge in [-0.05, 0) is 49.8 Å². The zero-order chi connectivity index (χ0) is 18.1. The molecule has 130 valence electrons. The predicted molar refractivity (Wildman–Crippen MR) is 96.1 cm³/mol. The maximum Gasteiger partial charge on any atom is 0.354 e. The van der Waals surface area contributed by atoms with Gasteiger partial charge in [-0.25, -0.2) is 4.79 Å². The summed E-state index contributed by atoms with van der Waals surface area (Å²) in [5.74, 6) is -0.211. The minimum atomic E-state index is -0.583. The van der Waals surface area contributed by atoms with Crippen LogP contribution in [0.4, 0.5) is 0 Å². The Bertz CT molecular complexity index is 736. The van der Waals surface area contributed by atoms with Crippen LogP contribution < -0.4 is 10.1 Å².